The summed E-state index contributed by atoms with van der Waals surface area (Å²) in [5.74, 6) is -0.424. The minimum absolute atomic E-state index is 0. The van der Waals surface area contributed by atoms with E-state index in [9.17, 15) is 9.18 Å². The van der Waals surface area contributed by atoms with Crippen LogP contribution in [0.1, 0.15) is 12.5 Å². The molecular formula is C14H20ClFN2O2. The van der Waals surface area contributed by atoms with Gasteiger partial charge in [0.1, 0.15) is 5.82 Å². The molecule has 1 amide bonds. The zero-order chi connectivity index (χ0) is 13.8. The molecule has 1 aliphatic rings. The molecule has 1 heterocycles. The molecule has 112 valence electrons. The summed E-state index contributed by atoms with van der Waals surface area (Å²) in [6.07, 6.45) is -0.0588. The van der Waals surface area contributed by atoms with E-state index >= 15 is 0 Å². The van der Waals surface area contributed by atoms with Gasteiger partial charge in [0.05, 0.1) is 19.1 Å². The van der Waals surface area contributed by atoms with Crippen LogP contribution in [0.5, 0.6) is 0 Å². The lowest BCUT2D eigenvalue weighted by atomic mass is 10.1. The largest absolute Gasteiger partial charge is 0.373 e. The lowest BCUT2D eigenvalue weighted by Gasteiger charge is -2.34. The van der Waals surface area contributed by atoms with Gasteiger partial charge in [-0.3, -0.25) is 4.79 Å². The normalized spacial score (nSPS) is 20.1. The fourth-order valence-corrected chi connectivity index (χ4v) is 2.14. The number of nitrogens with two attached hydrogens (primary N) is 1. The van der Waals surface area contributed by atoms with Crippen molar-refractivity contribution in [2.75, 3.05) is 19.7 Å². The van der Waals surface area contributed by atoms with Crippen molar-refractivity contribution >= 4 is 18.3 Å². The smallest absolute Gasteiger partial charge is 0.227 e. The van der Waals surface area contributed by atoms with Gasteiger partial charge in [0.25, 0.3) is 0 Å². The number of rotatable bonds is 3. The third-order valence-electron chi connectivity index (χ3n) is 3.33. The molecule has 2 atom stereocenters. The van der Waals surface area contributed by atoms with Crippen molar-refractivity contribution in [2.24, 2.45) is 5.73 Å². The van der Waals surface area contributed by atoms with Crippen LogP contribution in [-0.4, -0.2) is 42.6 Å². The summed E-state index contributed by atoms with van der Waals surface area (Å²) < 4.78 is 19.0. The van der Waals surface area contributed by atoms with Crippen LogP contribution in [-0.2, 0) is 16.0 Å². The van der Waals surface area contributed by atoms with E-state index in [1.54, 1.807) is 23.1 Å². The lowest BCUT2D eigenvalue weighted by Crippen LogP contribution is -2.51. The summed E-state index contributed by atoms with van der Waals surface area (Å²) in [6.45, 7) is 3.35. The Balaban J connectivity index is 0.00000200. The van der Waals surface area contributed by atoms with E-state index in [-0.39, 0.29) is 42.7 Å². The molecule has 1 fully saturated rings. The van der Waals surface area contributed by atoms with Gasteiger partial charge in [-0.05, 0) is 18.6 Å². The van der Waals surface area contributed by atoms with E-state index in [0.717, 1.165) is 0 Å². The molecule has 0 saturated carbocycles. The molecule has 1 aliphatic heterocycles. The second kappa shape index (κ2) is 7.57. The Labute approximate surface area is 124 Å². The van der Waals surface area contributed by atoms with Crippen LogP contribution in [0.4, 0.5) is 4.39 Å². The van der Waals surface area contributed by atoms with Crippen LogP contribution in [0.25, 0.3) is 0 Å². The number of ether oxygens (including phenoxy) is 1. The Hall–Kier alpha value is -1.17. The van der Waals surface area contributed by atoms with E-state index in [0.29, 0.717) is 25.3 Å². The van der Waals surface area contributed by atoms with E-state index in [4.69, 9.17) is 10.5 Å². The van der Waals surface area contributed by atoms with Gasteiger partial charge >= 0.3 is 0 Å². The number of halogens is 2. The molecule has 1 aromatic rings. The Morgan fingerprint density at radius 3 is 2.90 bits per heavy atom. The quantitative estimate of drug-likeness (QED) is 0.917. The molecule has 4 nitrogen and oxygen atoms in total. The molecular weight excluding hydrogens is 283 g/mol. The van der Waals surface area contributed by atoms with Gasteiger partial charge in [0.2, 0.25) is 5.91 Å². The van der Waals surface area contributed by atoms with Crippen molar-refractivity contribution in [1.82, 2.24) is 4.90 Å². The first-order valence-electron chi connectivity index (χ1n) is 6.46. The van der Waals surface area contributed by atoms with Crippen molar-refractivity contribution in [3.05, 3.63) is 35.6 Å². The molecule has 0 aliphatic carbocycles. The first kappa shape index (κ1) is 16.9. The van der Waals surface area contributed by atoms with Crippen molar-refractivity contribution in [3.63, 3.8) is 0 Å². The van der Waals surface area contributed by atoms with Gasteiger partial charge in [0.15, 0.2) is 0 Å². The second-order valence-electron chi connectivity index (χ2n) is 4.88. The zero-order valence-electron chi connectivity index (χ0n) is 11.4. The van der Waals surface area contributed by atoms with Crippen LogP contribution in [0.2, 0.25) is 0 Å². The van der Waals surface area contributed by atoms with Gasteiger partial charge in [0, 0.05) is 19.1 Å². The van der Waals surface area contributed by atoms with Crippen LogP contribution in [0, 0.1) is 5.82 Å². The third-order valence-corrected chi connectivity index (χ3v) is 3.33. The lowest BCUT2D eigenvalue weighted by molar-refractivity contribution is -0.138. The van der Waals surface area contributed by atoms with Crippen molar-refractivity contribution in [2.45, 2.75) is 25.5 Å². The maximum atomic E-state index is 13.5. The molecule has 6 heteroatoms. The average molecular weight is 303 g/mol. The van der Waals surface area contributed by atoms with Gasteiger partial charge in [-0.1, -0.05) is 18.2 Å². The Morgan fingerprint density at radius 1 is 1.55 bits per heavy atom. The molecule has 20 heavy (non-hydrogen) atoms. The number of hydrogen-bond acceptors (Lipinski definition) is 3. The molecule has 0 bridgehead atoms. The number of carbonyl (C=O) groups is 1. The molecule has 2 N–H and O–H groups in total. The standard InChI is InChI=1S/C14H19FN2O2.ClH/c1-10(16)13-9-17(6-7-19-13)14(18)8-11-4-2-3-5-12(11)15;/h2-5,10,13H,6-9,16H2,1H3;1H. The molecule has 1 saturated heterocycles. The molecule has 0 radical (unpaired) electrons. The number of amides is 1. The van der Waals surface area contributed by atoms with Crippen molar-refractivity contribution < 1.29 is 13.9 Å². The SMILES string of the molecule is CC(N)C1CN(C(=O)Cc2ccccc2F)CCO1.Cl. The third kappa shape index (κ3) is 4.16. The summed E-state index contributed by atoms with van der Waals surface area (Å²) in [7, 11) is 0. The van der Waals surface area contributed by atoms with Gasteiger partial charge < -0.3 is 15.4 Å². The van der Waals surface area contributed by atoms with Crippen molar-refractivity contribution in [1.29, 1.82) is 0 Å². The molecule has 1 aromatic carbocycles. The fourth-order valence-electron chi connectivity index (χ4n) is 2.14. The predicted molar refractivity (Wildman–Crippen MR) is 77.3 cm³/mol. The number of hydrogen-bond donors (Lipinski definition) is 1. The summed E-state index contributed by atoms with van der Waals surface area (Å²) in [5.41, 5.74) is 6.21. The van der Waals surface area contributed by atoms with Gasteiger partial charge in [-0.15, -0.1) is 12.4 Å². The second-order valence-corrected chi connectivity index (χ2v) is 4.88. The number of morpholine rings is 1. The van der Waals surface area contributed by atoms with Gasteiger partial charge in [-0.25, -0.2) is 4.39 Å². The average Bonchev–Trinajstić information content (AvgIpc) is 2.41. The maximum absolute atomic E-state index is 13.5. The molecule has 2 unspecified atom stereocenters. The van der Waals surface area contributed by atoms with Crippen LogP contribution in [0.15, 0.2) is 24.3 Å². The highest BCUT2D eigenvalue weighted by atomic mass is 35.5. The zero-order valence-corrected chi connectivity index (χ0v) is 12.2. The summed E-state index contributed by atoms with van der Waals surface area (Å²) in [6, 6.07) is 6.23. The van der Waals surface area contributed by atoms with Crippen molar-refractivity contribution in [3.8, 4) is 0 Å². The van der Waals surface area contributed by atoms with Gasteiger partial charge in [-0.2, -0.15) is 0 Å². The minimum Gasteiger partial charge on any atom is -0.373 e. The summed E-state index contributed by atoms with van der Waals surface area (Å²) in [4.78, 5) is 13.8. The Kier molecular flexibility index (Phi) is 6.39. The highest BCUT2D eigenvalue weighted by Crippen LogP contribution is 2.12. The topological polar surface area (TPSA) is 55.6 Å². The maximum Gasteiger partial charge on any atom is 0.227 e. The van der Waals surface area contributed by atoms with E-state index in [2.05, 4.69) is 0 Å². The highest BCUT2D eigenvalue weighted by Gasteiger charge is 2.26. The molecule has 2 rings (SSSR count). The van der Waals surface area contributed by atoms with Crippen LogP contribution < -0.4 is 5.73 Å². The Morgan fingerprint density at radius 2 is 2.25 bits per heavy atom. The van der Waals surface area contributed by atoms with Crippen LogP contribution >= 0.6 is 12.4 Å². The highest BCUT2D eigenvalue weighted by molar-refractivity contribution is 5.85. The van der Waals surface area contributed by atoms with E-state index in [1.807, 2.05) is 6.92 Å². The predicted octanol–water partition coefficient (Wildman–Crippen LogP) is 1.36. The first-order chi connectivity index (χ1) is 9.08. The number of nitrogens with zero attached hydrogens (tertiary/aromatic N) is 1. The molecule has 0 aromatic heterocycles. The first-order valence-corrected chi connectivity index (χ1v) is 6.46. The number of benzene rings is 1. The van der Waals surface area contributed by atoms with E-state index in [1.165, 1.54) is 6.07 Å². The minimum atomic E-state index is -0.340. The summed E-state index contributed by atoms with van der Waals surface area (Å²) in [5, 5.41) is 0. The monoisotopic (exact) mass is 302 g/mol. The van der Waals surface area contributed by atoms with E-state index < -0.39 is 0 Å². The number of carbonyl (C=O) groups excluding carboxylic acids is 1. The molecule has 0 spiro atoms. The summed E-state index contributed by atoms with van der Waals surface area (Å²) >= 11 is 0. The fraction of sp³-hybridized carbons (Fsp3) is 0.500. The Bertz CT molecular complexity index is 457. The van der Waals surface area contributed by atoms with Crippen LogP contribution in [0.3, 0.4) is 0 Å².